The van der Waals surface area contributed by atoms with Crippen LogP contribution in [0, 0.1) is 13.8 Å². The highest BCUT2D eigenvalue weighted by atomic mass is 16.5. The number of ether oxygens (including phenoxy) is 1. The highest BCUT2D eigenvalue weighted by molar-refractivity contribution is 5.86. The molecule has 2 rings (SSSR count). The molecule has 0 aliphatic carbocycles. The minimum Gasteiger partial charge on any atom is -0.385 e. The summed E-state index contributed by atoms with van der Waals surface area (Å²) in [5, 5.41) is 4.87. The van der Waals surface area contributed by atoms with E-state index in [1.807, 2.05) is 0 Å². The molecule has 0 aliphatic rings. The number of aromatic nitrogens is 1. The Bertz CT molecular complexity index is 586. The minimum absolute atomic E-state index is 0.817. The molecule has 1 heterocycles. The molecule has 0 bridgehead atoms. The van der Waals surface area contributed by atoms with E-state index < -0.39 is 0 Å². The Morgan fingerprint density at radius 1 is 1.24 bits per heavy atom. The van der Waals surface area contributed by atoms with Gasteiger partial charge in [0.05, 0.1) is 0 Å². The summed E-state index contributed by atoms with van der Waals surface area (Å²) < 4.78 is 7.60. The van der Waals surface area contributed by atoms with Crippen LogP contribution in [0.1, 0.15) is 36.6 Å². The maximum atomic E-state index is 5.17. The topological polar surface area (TPSA) is 26.2 Å². The Morgan fingerprint density at radius 3 is 2.76 bits per heavy atom. The lowest BCUT2D eigenvalue weighted by Gasteiger charge is -2.08. The number of nitrogens with zero attached hydrogens (tertiary/aromatic N) is 1. The molecule has 3 nitrogen and oxygen atoms in total. The molecular formula is C18H28N2O. The van der Waals surface area contributed by atoms with Crippen LogP contribution in [-0.2, 0) is 17.8 Å². The summed E-state index contributed by atoms with van der Waals surface area (Å²) >= 11 is 0. The van der Waals surface area contributed by atoms with Crippen LogP contribution >= 0.6 is 0 Å². The van der Waals surface area contributed by atoms with E-state index in [4.69, 9.17) is 4.74 Å². The van der Waals surface area contributed by atoms with Gasteiger partial charge in [0.1, 0.15) is 0 Å². The van der Waals surface area contributed by atoms with Crippen LogP contribution in [0.3, 0.4) is 0 Å². The number of benzene rings is 1. The minimum atomic E-state index is 0.817. The monoisotopic (exact) mass is 288 g/mol. The highest BCUT2D eigenvalue weighted by Gasteiger charge is 2.11. The highest BCUT2D eigenvalue weighted by Crippen LogP contribution is 2.26. The largest absolute Gasteiger partial charge is 0.385 e. The Labute approximate surface area is 128 Å². The normalized spacial score (nSPS) is 11.4. The van der Waals surface area contributed by atoms with Gasteiger partial charge in [0, 0.05) is 43.4 Å². The Balaban J connectivity index is 2.24. The fraction of sp³-hybridized carbons (Fsp3) is 0.556. The first-order chi connectivity index (χ1) is 10.2. The third-order valence-corrected chi connectivity index (χ3v) is 4.19. The van der Waals surface area contributed by atoms with Gasteiger partial charge in [-0.3, -0.25) is 0 Å². The summed E-state index contributed by atoms with van der Waals surface area (Å²) in [4.78, 5) is 0. The lowest BCUT2D eigenvalue weighted by Crippen LogP contribution is -2.13. The van der Waals surface area contributed by atoms with Gasteiger partial charge < -0.3 is 14.6 Å². The molecule has 116 valence electrons. The molecule has 0 unspecified atom stereocenters. The number of fused-ring (bicyclic) bond motifs is 1. The van der Waals surface area contributed by atoms with Crippen molar-refractivity contribution in [1.82, 2.24) is 9.88 Å². The van der Waals surface area contributed by atoms with Crippen molar-refractivity contribution in [3.8, 4) is 0 Å². The lowest BCUT2D eigenvalue weighted by atomic mass is 10.1. The van der Waals surface area contributed by atoms with Crippen LogP contribution < -0.4 is 5.32 Å². The van der Waals surface area contributed by atoms with Crippen LogP contribution in [0.25, 0.3) is 10.9 Å². The maximum Gasteiger partial charge on any atom is 0.0485 e. The predicted octanol–water partition coefficient (Wildman–Crippen LogP) is 3.79. The van der Waals surface area contributed by atoms with Crippen LogP contribution in [0.4, 0.5) is 0 Å². The average molecular weight is 288 g/mol. The van der Waals surface area contributed by atoms with Crippen molar-refractivity contribution in [1.29, 1.82) is 0 Å². The van der Waals surface area contributed by atoms with E-state index in [9.17, 15) is 0 Å². The van der Waals surface area contributed by atoms with Gasteiger partial charge in [-0.1, -0.05) is 13.0 Å². The number of rotatable bonds is 8. The first-order valence-electron chi connectivity index (χ1n) is 7.97. The first kappa shape index (κ1) is 16.1. The molecule has 0 spiro atoms. The van der Waals surface area contributed by atoms with E-state index in [0.717, 1.165) is 32.7 Å². The van der Waals surface area contributed by atoms with Gasteiger partial charge >= 0.3 is 0 Å². The molecule has 0 radical (unpaired) electrons. The molecule has 0 aliphatic heterocycles. The van der Waals surface area contributed by atoms with Crippen LogP contribution in [0.5, 0.6) is 0 Å². The third-order valence-electron chi connectivity index (χ3n) is 4.19. The van der Waals surface area contributed by atoms with Gasteiger partial charge in [-0.25, -0.2) is 0 Å². The molecule has 3 heteroatoms. The van der Waals surface area contributed by atoms with Crippen LogP contribution in [-0.4, -0.2) is 24.8 Å². The van der Waals surface area contributed by atoms with E-state index in [-0.39, 0.29) is 0 Å². The third kappa shape index (κ3) is 3.66. The van der Waals surface area contributed by atoms with Crippen molar-refractivity contribution < 1.29 is 4.74 Å². The fourth-order valence-electron chi connectivity index (χ4n) is 2.87. The molecule has 0 saturated carbocycles. The molecule has 2 aromatic rings. The maximum absolute atomic E-state index is 5.17. The van der Waals surface area contributed by atoms with Crippen molar-refractivity contribution >= 4 is 10.9 Å². The fourth-order valence-corrected chi connectivity index (χ4v) is 2.87. The van der Waals surface area contributed by atoms with E-state index in [2.05, 4.69) is 48.9 Å². The quantitative estimate of drug-likeness (QED) is 0.748. The van der Waals surface area contributed by atoms with Gasteiger partial charge in [-0.05, 0) is 56.5 Å². The van der Waals surface area contributed by atoms with E-state index in [1.165, 1.54) is 34.1 Å². The van der Waals surface area contributed by atoms with Crippen LogP contribution in [0.2, 0.25) is 0 Å². The smallest absolute Gasteiger partial charge is 0.0485 e. The van der Waals surface area contributed by atoms with Crippen molar-refractivity contribution in [2.24, 2.45) is 0 Å². The number of hydrogen-bond acceptors (Lipinski definition) is 2. The lowest BCUT2D eigenvalue weighted by molar-refractivity contribution is 0.190. The van der Waals surface area contributed by atoms with Crippen molar-refractivity contribution in [3.05, 3.63) is 35.0 Å². The zero-order valence-corrected chi connectivity index (χ0v) is 13.8. The van der Waals surface area contributed by atoms with Crippen molar-refractivity contribution in [2.45, 2.75) is 46.7 Å². The summed E-state index contributed by atoms with van der Waals surface area (Å²) in [5.41, 5.74) is 5.49. The molecule has 0 saturated heterocycles. The van der Waals surface area contributed by atoms with Crippen LogP contribution in [0.15, 0.2) is 18.2 Å². The molecule has 1 aromatic heterocycles. The van der Waals surface area contributed by atoms with Crippen molar-refractivity contribution in [2.75, 3.05) is 20.3 Å². The number of hydrogen-bond donors (Lipinski definition) is 1. The number of aryl methyl sites for hydroxylation is 2. The van der Waals surface area contributed by atoms with Gasteiger partial charge in [0.15, 0.2) is 0 Å². The first-order valence-corrected chi connectivity index (χ1v) is 7.97. The Hall–Kier alpha value is -1.32. The molecule has 21 heavy (non-hydrogen) atoms. The van der Waals surface area contributed by atoms with Crippen molar-refractivity contribution in [3.63, 3.8) is 0 Å². The number of nitrogens with one attached hydrogen (secondary N) is 1. The summed E-state index contributed by atoms with van der Waals surface area (Å²) in [6.45, 7) is 10.5. The summed E-state index contributed by atoms with van der Waals surface area (Å²) in [5.74, 6) is 0. The summed E-state index contributed by atoms with van der Waals surface area (Å²) in [6, 6.07) is 6.86. The second-order valence-electron chi connectivity index (χ2n) is 5.74. The summed E-state index contributed by atoms with van der Waals surface area (Å²) in [7, 11) is 1.77. The molecule has 0 amide bonds. The molecule has 1 N–H and O–H groups in total. The average Bonchev–Trinajstić information content (AvgIpc) is 2.73. The standard InChI is InChI=1S/C18H28N2O/c1-5-9-19-13-16-7-8-18-17(12-16)14(2)15(3)20(18)10-6-11-21-4/h7-8,12,19H,5-6,9-11,13H2,1-4H3. The zero-order chi connectivity index (χ0) is 15.2. The van der Waals surface area contributed by atoms with Gasteiger partial charge in [0.25, 0.3) is 0 Å². The van der Waals surface area contributed by atoms with Gasteiger partial charge in [-0.15, -0.1) is 0 Å². The SMILES string of the molecule is CCCNCc1ccc2c(c1)c(C)c(C)n2CCCOC. The predicted molar refractivity (Wildman–Crippen MR) is 89.9 cm³/mol. The molecule has 0 atom stereocenters. The Kier molecular flexibility index (Phi) is 5.83. The Morgan fingerprint density at radius 2 is 2.05 bits per heavy atom. The summed E-state index contributed by atoms with van der Waals surface area (Å²) in [6.07, 6.45) is 2.23. The van der Waals surface area contributed by atoms with Gasteiger partial charge in [-0.2, -0.15) is 0 Å². The van der Waals surface area contributed by atoms with E-state index in [1.54, 1.807) is 7.11 Å². The zero-order valence-electron chi connectivity index (χ0n) is 13.8. The molecule has 1 aromatic carbocycles. The van der Waals surface area contributed by atoms with E-state index >= 15 is 0 Å². The second-order valence-corrected chi connectivity index (χ2v) is 5.74. The molecular weight excluding hydrogens is 260 g/mol. The second kappa shape index (κ2) is 7.62. The van der Waals surface area contributed by atoms with Gasteiger partial charge in [0.2, 0.25) is 0 Å². The molecule has 0 fully saturated rings. The number of methoxy groups -OCH3 is 1. The van der Waals surface area contributed by atoms with E-state index in [0.29, 0.717) is 0 Å².